The van der Waals surface area contributed by atoms with Crippen molar-refractivity contribution in [2.24, 2.45) is 0 Å². The molecule has 0 fully saturated rings. The molecule has 5 nitrogen and oxygen atoms in total. The number of aliphatic carboxylic acids is 1. The molecule has 0 bridgehead atoms. The molecular weight excluding hydrogens is 344 g/mol. The Morgan fingerprint density at radius 3 is 2.19 bits per heavy atom. The number of hydrogen-bond acceptors (Lipinski definition) is 4. The maximum Gasteiger partial charge on any atom is 0.377 e. The van der Waals surface area contributed by atoms with Crippen LogP contribution in [0.5, 0.6) is 11.5 Å². The number of carboxylic acids is 1. The fourth-order valence-electron chi connectivity index (χ4n) is 2.72. The van der Waals surface area contributed by atoms with E-state index in [1.165, 1.54) is 12.1 Å². The van der Waals surface area contributed by atoms with Gasteiger partial charge in [-0.25, -0.2) is 4.79 Å². The Bertz CT molecular complexity index is 926. The number of carbonyl (C=O) groups is 2. The summed E-state index contributed by atoms with van der Waals surface area (Å²) in [6, 6.07) is 20.2. The quantitative estimate of drug-likeness (QED) is 0.347. The highest BCUT2D eigenvalue weighted by atomic mass is 16.5. The lowest BCUT2D eigenvalue weighted by molar-refractivity contribution is -0.131. The molecule has 1 N–H and O–H groups in total. The predicted octanol–water partition coefficient (Wildman–Crippen LogP) is 4.35. The Morgan fingerprint density at radius 1 is 0.778 bits per heavy atom. The van der Waals surface area contributed by atoms with E-state index < -0.39 is 11.8 Å². The minimum Gasteiger partial charge on any atom is -0.494 e. The molecule has 3 aromatic rings. The van der Waals surface area contributed by atoms with Crippen molar-refractivity contribution in [3.63, 3.8) is 0 Å². The van der Waals surface area contributed by atoms with Gasteiger partial charge < -0.3 is 14.6 Å². The van der Waals surface area contributed by atoms with Gasteiger partial charge in [0.05, 0.1) is 13.2 Å². The summed E-state index contributed by atoms with van der Waals surface area (Å²) in [5.41, 5.74) is 0.137. The summed E-state index contributed by atoms with van der Waals surface area (Å²) < 4.78 is 11.5. The van der Waals surface area contributed by atoms with Crippen molar-refractivity contribution >= 4 is 22.5 Å². The third kappa shape index (κ3) is 4.85. The zero-order valence-corrected chi connectivity index (χ0v) is 14.8. The van der Waals surface area contributed by atoms with Crippen LogP contribution < -0.4 is 9.47 Å². The second-order valence-electron chi connectivity index (χ2n) is 6.04. The van der Waals surface area contributed by atoms with E-state index >= 15 is 0 Å². The van der Waals surface area contributed by atoms with E-state index in [9.17, 15) is 9.59 Å². The number of ketones is 1. The lowest BCUT2D eigenvalue weighted by atomic mass is 10.1. The average molecular weight is 364 g/mol. The van der Waals surface area contributed by atoms with E-state index in [1.807, 2.05) is 30.3 Å². The third-order valence-electron chi connectivity index (χ3n) is 4.13. The third-order valence-corrected chi connectivity index (χ3v) is 4.13. The van der Waals surface area contributed by atoms with E-state index in [1.54, 1.807) is 12.1 Å². The Morgan fingerprint density at radius 2 is 1.44 bits per heavy atom. The van der Waals surface area contributed by atoms with Gasteiger partial charge in [0.15, 0.2) is 0 Å². The molecule has 0 heterocycles. The lowest BCUT2D eigenvalue weighted by Crippen LogP contribution is -2.12. The number of Topliss-reactive ketones (excluding diaryl/α,β-unsaturated/α-hetero) is 1. The van der Waals surface area contributed by atoms with Gasteiger partial charge in [-0.05, 0) is 48.6 Å². The van der Waals surface area contributed by atoms with Crippen LogP contribution in [-0.2, 0) is 4.79 Å². The van der Waals surface area contributed by atoms with Crippen LogP contribution in [0, 0.1) is 0 Å². The molecule has 3 rings (SSSR count). The highest BCUT2D eigenvalue weighted by Gasteiger charge is 2.13. The van der Waals surface area contributed by atoms with Crippen LogP contribution >= 0.6 is 0 Å². The molecule has 5 heteroatoms. The minimum atomic E-state index is -1.46. The molecule has 0 saturated heterocycles. The predicted molar refractivity (Wildman–Crippen MR) is 103 cm³/mol. The topological polar surface area (TPSA) is 72.8 Å². The molecule has 0 spiro atoms. The Balaban J connectivity index is 1.40. The maximum atomic E-state index is 11.3. The maximum absolute atomic E-state index is 11.3. The highest BCUT2D eigenvalue weighted by molar-refractivity contribution is 6.39. The zero-order valence-electron chi connectivity index (χ0n) is 14.8. The van der Waals surface area contributed by atoms with Gasteiger partial charge in [-0.1, -0.05) is 36.4 Å². The molecule has 0 aliphatic carbocycles. The number of carboxylic acid groups (broad SMARTS) is 1. The summed E-state index contributed by atoms with van der Waals surface area (Å²) in [5.74, 6) is -0.901. The van der Waals surface area contributed by atoms with E-state index in [0.29, 0.717) is 19.0 Å². The number of ether oxygens (including phenoxy) is 2. The SMILES string of the molecule is O=C(O)C(=O)c1ccc(OCCCCOc2cccc3ccccc23)cc1. The molecule has 3 aromatic carbocycles. The molecule has 0 aliphatic rings. The van der Waals surface area contributed by atoms with Gasteiger partial charge in [0.25, 0.3) is 5.78 Å². The second-order valence-corrected chi connectivity index (χ2v) is 6.04. The largest absolute Gasteiger partial charge is 0.494 e. The van der Waals surface area contributed by atoms with Crippen molar-refractivity contribution in [3.05, 3.63) is 72.3 Å². The molecule has 0 saturated carbocycles. The Hall–Kier alpha value is -3.34. The first kappa shape index (κ1) is 18.5. The smallest absolute Gasteiger partial charge is 0.377 e. The first-order chi connectivity index (χ1) is 13.1. The number of benzene rings is 3. The van der Waals surface area contributed by atoms with Gasteiger partial charge in [-0.2, -0.15) is 0 Å². The summed E-state index contributed by atoms with van der Waals surface area (Å²) in [5, 5.41) is 10.9. The number of rotatable bonds is 9. The van der Waals surface area contributed by atoms with Crippen LogP contribution in [0.1, 0.15) is 23.2 Å². The van der Waals surface area contributed by atoms with Gasteiger partial charge in [0.1, 0.15) is 11.5 Å². The fourth-order valence-corrected chi connectivity index (χ4v) is 2.72. The first-order valence-electron chi connectivity index (χ1n) is 8.76. The van der Waals surface area contributed by atoms with Gasteiger partial charge in [0.2, 0.25) is 0 Å². The van der Waals surface area contributed by atoms with Gasteiger partial charge in [-0.3, -0.25) is 4.79 Å². The van der Waals surface area contributed by atoms with Crippen molar-refractivity contribution in [2.75, 3.05) is 13.2 Å². The number of hydrogen-bond donors (Lipinski definition) is 1. The summed E-state index contributed by atoms with van der Waals surface area (Å²) in [4.78, 5) is 22.0. The van der Waals surface area contributed by atoms with Gasteiger partial charge in [0, 0.05) is 10.9 Å². The van der Waals surface area contributed by atoms with E-state index in [-0.39, 0.29) is 5.56 Å². The first-order valence-corrected chi connectivity index (χ1v) is 8.76. The molecule has 0 aliphatic heterocycles. The summed E-state index contributed by atoms with van der Waals surface area (Å²) in [6.07, 6.45) is 1.67. The van der Waals surface area contributed by atoms with Crippen molar-refractivity contribution < 1.29 is 24.2 Å². The average Bonchev–Trinajstić information content (AvgIpc) is 2.70. The Kier molecular flexibility index (Phi) is 6.05. The normalized spacial score (nSPS) is 10.5. The van der Waals surface area contributed by atoms with Crippen LogP contribution in [0.15, 0.2) is 66.7 Å². The summed E-state index contributed by atoms with van der Waals surface area (Å²) in [6.45, 7) is 1.12. The molecule has 0 radical (unpaired) electrons. The van der Waals surface area contributed by atoms with Crippen LogP contribution in [0.4, 0.5) is 0 Å². The molecule has 0 amide bonds. The molecule has 0 aromatic heterocycles. The summed E-state index contributed by atoms with van der Waals surface area (Å²) in [7, 11) is 0. The molecular formula is C22H20O5. The lowest BCUT2D eigenvalue weighted by Gasteiger charge is -2.10. The van der Waals surface area contributed by atoms with Crippen molar-refractivity contribution in [1.29, 1.82) is 0 Å². The van der Waals surface area contributed by atoms with Crippen molar-refractivity contribution in [1.82, 2.24) is 0 Å². The summed E-state index contributed by atoms with van der Waals surface area (Å²) >= 11 is 0. The Labute approximate surface area is 157 Å². The number of carbonyl (C=O) groups excluding carboxylic acids is 1. The van der Waals surface area contributed by atoms with E-state index in [2.05, 4.69) is 12.1 Å². The highest BCUT2D eigenvalue weighted by Crippen LogP contribution is 2.25. The van der Waals surface area contributed by atoms with Crippen molar-refractivity contribution in [2.45, 2.75) is 12.8 Å². The van der Waals surface area contributed by atoms with Crippen LogP contribution in [0.3, 0.4) is 0 Å². The van der Waals surface area contributed by atoms with Crippen LogP contribution in [0.2, 0.25) is 0 Å². The van der Waals surface area contributed by atoms with Crippen molar-refractivity contribution in [3.8, 4) is 11.5 Å². The van der Waals surface area contributed by atoms with E-state index in [0.717, 1.165) is 29.4 Å². The molecule has 0 unspecified atom stereocenters. The molecule has 27 heavy (non-hydrogen) atoms. The number of unbranched alkanes of at least 4 members (excludes halogenated alkanes) is 1. The molecule has 0 atom stereocenters. The van der Waals surface area contributed by atoms with Crippen LogP contribution in [0.25, 0.3) is 10.8 Å². The van der Waals surface area contributed by atoms with Gasteiger partial charge in [-0.15, -0.1) is 0 Å². The minimum absolute atomic E-state index is 0.137. The molecule has 138 valence electrons. The van der Waals surface area contributed by atoms with Gasteiger partial charge >= 0.3 is 5.97 Å². The fraction of sp³-hybridized carbons (Fsp3) is 0.182. The number of fused-ring (bicyclic) bond motifs is 1. The standard InChI is InChI=1S/C22H20O5/c23-21(22(24)25)17-10-12-18(13-11-17)26-14-3-4-15-27-20-9-5-7-16-6-1-2-8-19(16)20/h1-2,5-13H,3-4,14-15H2,(H,24,25). The second kappa shape index (κ2) is 8.85. The van der Waals surface area contributed by atoms with Crippen LogP contribution in [-0.4, -0.2) is 30.1 Å². The monoisotopic (exact) mass is 364 g/mol. The van der Waals surface area contributed by atoms with E-state index in [4.69, 9.17) is 14.6 Å². The zero-order chi connectivity index (χ0) is 19.1.